The molecule has 0 spiro atoms. The minimum Gasteiger partial charge on any atom is -0.485 e. The van der Waals surface area contributed by atoms with Crippen molar-refractivity contribution >= 4 is 17.8 Å². The number of nitrogens with zero attached hydrogens (tertiary/aromatic N) is 2. The molecule has 0 bridgehead atoms. The third kappa shape index (κ3) is 3.49. The average molecular weight is 327 g/mol. The largest absolute Gasteiger partial charge is 0.485 e. The van der Waals surface area contributed by atoms with Gasteiger partial charge in [0.1, 0.15) is 6.61 Å². The number of ether oxygens (including phenoxy) is 2. The topological polar surface area (TPSA) is 103 Å². The second-order valence-corrected chi connectivity index (χ2v) is 4.95. The first kappa shape index (κ1) is 15.5. The molecule has 1 atom stereocenters. The molecule has 1 amide bonds. The van der Waals surface area contributed by atoms with Gasteiger partial charge in [-0.05, 0) is 12.1 Å². The van der Waals surface area contributed by atoms with Crippen LogP contribution in [0.2, 0.25) is 0 Å². The molecular weight excluding hydrogens is 314 g/mol. The van der Waals surface area contributed by atoms with Gasteiger partial charge < -0.3 is 9.47 Å². The molecule has 1 heterocycles. The molecular formula is C16H13N3O5. The Labute approximate surface area is 136 Å². The number of carbonyl (C=O) groups is 1. The molecule has 8 nitrogen and oxygen atoms in total. The Bertz CT molecular complexity index is 806. The van der Waals surface area contributed by atoms with Gasteiger partial charge in [-0.2, -0.15) is 5.10 Å². The molecule has 0 saturated carbocycles. The fourth-order valence-corrected chi connectivity index (χ4v) is 2.11. The van der Waals surface area contributed by atoms with Crippen LogP contribution in [-0.2, 0) is 4.79 Å². The number of hydrogen-bond donors (Lipinski definition) is 1. The predicted molar refractivity (Wildman–Crippen MR) is 85.2 cm³/mol. The van der Waals surface area contributed by atoms with Gasteiger partial charge in [0.25, 0.3) is 11.6 Å². The quantitative estimate of drug-likeness (QED) is 0.525. The first-order valence-corrected chi connectivity index (χ1v) is 7.09. The van der Waals surface area contributed by atoms with Crippen molar-refractivity contribution in [2.75, 3.05) is 6.61 Å². The zero-order chi connectivity index (χ0) is 16.9. The average Bonchev–Trinajstić information content (AvgIpc) is 2.61. The lowest BCUT2D eigenvalue weighted by atomic mass is 10.2. The van der Waals surface area contributed by atoms with Crippen LogP contribution in [0.4, 0.5) is 5.69 Å². The number of fused-ring (bicyclic) bond motifs is 1. The van der Waals surface area contributed by atoms with E-state index in [1.165, 1.54) is 24.4 Å². The van der Waals surface area contributed by atoms with E-state index in [9.17, 15) is 14.9 Å². The van der Waals surface area contributed by atoms with E-state index < -0.39 is 16.9 Å². The van der Waals surface area contributed by atoms with Crippen molar-refractivity contribution in [3.8, 4) is 11.5 Å². The van der Waals surface area contributed by atoms with E-state index in [-0.39, 0.29) is 12.3 Å². The molecule has 0 fully saturated rings. The van der Waals surface area contributed by atoms with Crippen molar-refractivity contribution < 1.29 is 19.2 Å². The number of nitrogens with one attached hydrogen (secondary N) is 1. The molecule has 0 aliphatic carbocycles. The van der Waals surface area contributed by atoms with Gasteiger partial charge in [-0.1, -0.05) is 24.3 Å². The van der Waals surface area contributed by atoms with Crippen LogP contribution in [-0.4, -0.2) is 29.8 Å². The fraction of sp³-hybridized carbons (Fsp3) is 0.125. The standard InChI is InChI=1S/C16H13N3O5/c20-16(15-10-23-13-6-1-2-7-14(13)24-15)18-17-9-11-4-3-5-12(8-11)19(21)22/h1-9,15H,10H2,(H,18,20)/t15-/m0/s1. The summed E-state index contributed by atoms with van der Waals surface area (Å²) in [6.45, 7) is 0.0785. The molecule has 1 aliphatic heterocycles. The Morgan fingerprint density at radius 2 is 2.04 bits per heavy atom. The number of hydrazone groups is 1. The number of benzene rings is 2. The summed E-state index contributed by atoms with van der Waals surface area (Å²) in [5.74, 6) is 0.611. The van der Waals surface area contributed by atoms with Gasteiger partial charge in [0.05, 0.1) is 11.1 Å². The molecule has 3 rings (SSSR count). The van der Waals surface area contributed by atoms with Gasteiger partial charge in [-0.25, -0.2) is 5.43 Å². The third-order valence-electron chi connectivity index (χ3n) is 3.27. The van der Waals surface area contributed by atoms with Gasteiger partial charge in [-0.3, -0.25) is 14.9 Å². The predicted octanol–water partition coefficient (Wildman–Crippen LogP) is 1.88. The lowest BCUT2D eigenvalue weighted by Crippen LogP contribution is -2.42. The van der Waals surface area contributed by atoms with Crippen LogP contribution in [0, 0.1) is 10.1 Å². The van der Waals surface area contributed by atoms with Crippen molar-refractivity contribution in [2.24, 2.45) is 5.10 Å². The Hall–Kier alpha value is -3.42. The summed E-state index contributed by atoms with van der Waals surface area (Å²) in [6, 6.07) is 13.0. The number of nitro benzene ring substituents is 1. The summed E-state index contributed by atoms with van der Waals surface area (Å²) in [6.07, 6.45) is 0.505. The number of rotatable bonds is 4. The van der Waals surface area contributed by atoms with Crippen LogP contribution in [0.15, 0.2) is 53.6 Å². The normalized spacial score (nSPS) is 15.9. The second-order valence-electron chi connectivity index (χ2n) is 4.95. The molecule has 122 valence electrons. The lowest BCUT2D eigenvalue weighted by molar-refractivity contribution is -0.384. The Morgan fingerprint density at radius 3 is 2.83 bits per heavy atom. The van der Waals surface area contributed by atoms with Crippen LogP contribution in [0.1, 0.15) is 5.56 Å². The maximum atomic E-state index is 12.0. The van der Waals surface area contributed by atoms with E-state index in [2.05, 4.69) is 10.5 Å². The highest BCUT2D eigenvalue weighted by Gasteiger charge is 2.26. The highest BCUT2D eigenvalue weighted by molar-refractivity contribution is 5.85. The van der Waals surface area contributed by atoms with E-state index in [0.717, 1.165) is 0 Å². The maximum absolute atomic E-state index is 12.0. The highest BCUT2D eigenvalue weighted by atomic mass is 16.6. The van der Waals surface area contributed by atoms with Gasteiger partial charge in [0.2, 0.25) is 6.10 Å². The number of nitro groups is 1. The van der Waals surface area contributed by atoms with Crippen molar-refractivity contribution in [2.45, 2.75) is 6.10 Å². The SMILES string of the molecule is O=C(NN=Cc1cccc([N+](=O)[O-])c1)[C@@H]1COc2ccccc2O1. The van der Waals surface area contributed by atoms with Crippen LogP contribution in [0.25, 0.3) is 0 Å². The number of non-ortho nitro benzene ring substituents is 1. The van der Waals surface area contributed by atoms with Crippen LogP contribution >= 0.6 is 0 Å². The fourth-order valence-electron chi connectivity index (χ4n) is 2.11. The van der Waals surface area contributed by atoms with E-state index in [0.29, 0.717) is 17.1 Å². The van der Waals surface area contributed by atoms with Crippen LogP contribution in [0.5, 0.6) is 11.5 Å². The minimum atomic E-state index is -0.817. The van der Waals surface area contributed by atoms with E-state index in [1.807, 2.05) is 6.07 Å². The van der Waals surface area contributed by atoms with E-state index in [1.54, 1.807) is 24.3 Å². The number of amides is 1. The first-order chi connectivity index (χ1) is 11.6. The number of para-hydroxylation sites is 2. The molecule has 0 saturated heterocycles. The van der Waals surface area contributed by atoms with Gasteiger partial charge in [-0.15, -0.1) is 0 Å². The van der Waals surface area contributed by atoms with Gasteiger partial charge >= 0.3 is 0 Å². The minimum absolute atomic E-state index is 0.0501. The molecule has 1 N–H and O–H groups in total. The molecule has 24 heavy (non-hydrogen) atoms. The smallest absolute Gasteiger partial charge is 0.284 e. The molecule has 2 aromatic rings. The summed E-state index contributed by atoms with van der Waals surface area (Å²) < 4.78 is 11.0. The maximum Gasteiger partial charge on any atom is 0.284 e. The van der Waals surface area contributed by atoms with Crippen molar-refractivity contribution in [1.29, 1.82) is 0 Å². The van der Waals surface area contributed by atoms with Crippen LogP contribution < -0.4 is 14.9 Å². The summed E-state index contributed by atoms with van der Waals surface area (Å²) >= 11 is 0. The van der Waals surface area contributed by atoms with E-state index >= 15 is 0 Å². The summed E-state index contributed by atoms with van der Waals surface area (Å²) in [7, 11) is 0. The van der Waals surface area contributed by atoms with Crippen molar-refractivity contribution in [3.05, 3.63) is 64.2 Å². The summed E-state index contributed by atoms with van der Waals surface area (Å²) in [5.41, 5.74) is 2.78. The van der Waals surface area contributed by atoms with Crippen molar-refractivity contribution in [1.82, 2.24) is 5.43 Å². The summed E-state index contributed by atoms with van der Waals surface area (Å²) in [4.78, 5) is 22.2. The zero-order valence-electron chi connectivity index (χ0n) is 12.4. The number of hydrogen-bond acceptors (Lipinski definition) is 6. The van der Waals surface area contributed by atoms with Gasteiger partial charge in [0, 0.05) is 17.7 Å². The Kier molecular flexibility index (Phi) is 4.37. The molecule has 0 radical (unpaired) electrons. The molecule has 8 heteroatoms. The number of carbonyl (C=O) groups excluding carboxylic acids is 1. The van der Waals surface area contributed by atoms with Crippen LogP contribution in [0.3, 0.4) is 0 Å². The molecule has 2 aromatic carbocycles. The second kappa shape index (κ2) is 6.78. The lowest BCUT2D eigenvalue weighted by Gasteiger charge is -2.24. The van der Waals surface area contributed by atoms with Crippen molar-refractivity contribution in [3.63, 3.8) is 0 Å². The Morgan fingerprint density at radius 1 is 1.25 bits per heavy atom. The summed E-state index contributed by atoms with van der Waals surface area (Å²) in [5, 5.41) is 14.5. The highest BCUT2D eigenvalue weighted by Crippen LogP contribution is 2.30. The molecule has 0 aromatic heterocycles. The molecule has 0 unspecified atom stereocenters. The zero-order valence-corrected chi connectivity index (χ0v) is 12.4. The monoisotopic (exact) mass is 327 g/mol. The first-order valence-electron chi connectivity index (χ1n) is 7.09. The van der Waals surface area contributed by atoms with E-state index in [4.69, 9.17) is 9.47 Å². The Balaban J connectivity index is 1.60. The molecule has 1 aliphatic rings. The third-order valence-corrected chi connectivity index (χ3v) is 3.27. The van der Waals surface area contributed by atoms with Gasteiger partial charge in [0.15, 0.2) is 11.5 Å².